The second kappa shape index (κ2) is 10.4. The Balaban J connectivity index is 1.13. The third kappa shape index (κ3) is 5.00. The van der Waals surface area contributed by atoms with Crippen LogP contribution in [0.5, 0.6) is 0 Å². The van der Waals surface area contributed by atoms with Crippen LogP contribution in [0, 0.1) is 5.92 Å². The van der Waals surface area contributed by atoms with Crippen molar-refractivity contribution < 1.29 is 4.79 Å². The molecular weight excluding hydrogens is 414 g/mol. The zero-order chi connectivity index (χ0) is 22.6. The number of likely N-dealkylation sites (tertiary alicyclic amines) is 1. The monoisotopic (exact) mass is 453 g/mol. The summed E-state index contributed by atoms with van der Waals surface area (Å²) < 4.78 is 2.29. The molecule has 3 aliphatic rings. The highest BCUT2D eigenvalue weighted by Crippen LogP contribution is 2.29. The molecule has 1 amide bonds. The Morgan fingerprint density at radius 2 is 1.88 bits per heavy atom. The Labute approximate surface area is 197 Å². The molecule has 1 N–H and O–H groups in total. The summed E-state index contributed by atoms with van der Waals surface area (Å²) in [6, 6.07) is 0.692. The number of aryl methyl sites for hydroxylation is 2. The van der Waals surface area contributed by atoms with Crippen molar-refractivity contribution >= 4 is 22.9 Å². The van der Waals surface area contributed by atoms with Crippen molar-refractivity contribution in [2.24, 2.45) is 5.92 Å². The number of amides is 1. The number of nitrogens with zero attached hydrogens (tertiary/aromatic N) is 6. The van der Waals surface area contributed by atoms with Gasteiger partial charge in [0.15, 0.2) is 17.0 Å². The Bertz CT molecular complexity index is 950. The predicted octanol–water partition coefficient (Wildman–Crippen LogP) is 3.15. The van der Waals surface area contributed by atoms with Crippen molar-refractivity contribution in [1.29, 1.82) is 0 Å². The van der Waals surface area contributed by atoms with Gasteiger partial charge in [0.2, 0.25) is 5.91 Å². The van der Waals surface area contributed by atoms with E-state index in [-0.39, 0.29) is 11.8 Å². The number of imidazole rings is 1. The first-order valence-electron chi connectivity index (χ1n) is 13.2. The van der Waals surface area contributed by atoms with Gasteiger partial charge in [-0.1, -0.05) is 12.8 Å². The molecule has 1 atom stereocenters. The number of anilines is 1. The van der Waals surface area contributed by atoms with E-state index in [0.29, 0.717) is 6.04 Å². The third-order valence-corrected chi connectivity index (χ3v) is 7.90. The van der Waals surface area contributed by atoms with Gasteiger partial charge >= 0.3 is 0 Å². The number of piperidine rings is 2. The van der Waals surface area contributed by atoms with Crippen LogP contribution < -0.4 is 10.2 Å². The molecule has 5 rings (SSSR count). The summed E-state index contributed by atoms with van der Waals surface area (Å²) in [5, 5.41) is 3.20. The van der Waals surface area contributed by atoms with E-state index in [9.17, 15) is 4.79 Å². The van der Waals surface area contributed by atoms with Gasteiger partial charge in [-0.3, -0.25) is 4.79 Å². The molecule has 0 radical (unpaired) electrons. The number of carbonyl (C=O) groups is 1. The lowest BCUT2D eigenvalue weighted by Crippen LogP contribution is -2.42. The second-order valence-corrected chi connectivity index (χ2v) is 10.1. The van der Waals surface area contributed by atoms with Crippen LogP contribution in [-0.4, -0.2) is 69.1 Å². The average molecular weight is 454 g/mol. The van der Waals surface area contributed by atoms with Crippen molar-refractivity contribution in [3.05, 3.63) is 12.2 Å². The van der Waals surface area contributed by atoms with Crippen LogP contribution >= 0.6 is 0 Å². The Morgan fingerprint density at radius 1 is 1.03 bits per heavy atom. The lowest BCUT2D eigenvalue weighted by atomic mass is 9.96. The fraction of sp³-hybridized carbons (Fsp3) is 0.760. The normalized spacial score (nSPS) is 22.8. The molecule has 0 aromatic carbocycles. The van der Waals surface area contributed by atoms with E-state index in [2.05, 4.69) is 36.6 Å². The number of nitrogens with one attached hydrogen (secondary N) is 1. The molecule has 2 aromatic rings. The number of carbonyl (C=O) groups excluding carboxylic acids is 1. The Hall–Kier alpha value is -2.22. The van der Waals surface area contributed by atoms with Crippen LogP contribution in [-0.2, 0) is 17.8 Å². The van der Waals surface area contributed by atoms with Crippen LogP contribution in [0.4, 0.5) is 5.82 Å². The van der Waals surface area contributed by atoms with Crippen LogP contribution in [0.2, 0.25) is 0 Å². The van der Waals surface area contributed by atoms with Crippen LogP contribution in [0.1, 0.15) is 70.5 Å². The maximum atomic E-state index is 12.7. The highest BCUT2D eigenvalue weighted by Gasteiger charge is 2.28. The predicted molar refractivity (Wildman–Crippen MR) is 130 cm³/mol. The minimum Gasteiger partial charge on any atom is -0.356 e. The molecule has 0 aliphatic carbocycles. The third-order valence-electron chi connectivity index (χ3n) is 7.90. The molecule has 180 valence electrons. The minimum absolute atomic E-state index is 0.103. The summed E-state index contributed by atoms with van der Waals surface area (Å²) in [4.78, 5) is 31.8. The molecule has 0 bridgehead atoms. The molecule has 3 aliphatic heterocycles. The maximum absolute atomic E-state index is 12.7. The Morgan fingerprint density at radius 3 is 2.73 bits per heavy atom. The van der Waals surface area contributed by atoms with Crippen molar-refractivity contribution in [3.63, 3.8) is 0 Å². The summed E-state index contributed by atoms with van der Waals surface area (Å²) in [5.41, 5.74) is 1.91. The first kappa shape index (κ1) is 22.6. The number of hydrogen-bond donors (Lipinski definition) is 1. The van der Waals surface area contributed by atoms with Crippen molar-refractivity contribution in [3.8, 4) is 0 Å². The lowest BCUT2D eigenvalue weighted by Gasteiger charge is -2.33. The van der Waals surface area contributed by atoms with E-state index in [0.717, 1.165) is 81.2 Å². The van der Waals surface area contributed by atoms with Gasteiger partial charge in [-0.25, -0.2) is 15.0 Å². The molecule has 2 aromatic heterocycles. The summed E-state index contributed by atoms with van der Waals surface area (Å²) in [7, 11) is 0. The molecule has 8 nitrogen and oxygen atoms in total. The number of rotatable bonds is 6. The SMILES string of the molecule is C[C@H]1CCCCN1CCCNC(=O)C1CCN(c2ncnc3c2nc2n3CCCCC2)CC1. The average Bonchev–Trinajstić information content (AvgIpc) is 3.03. The molecular formula is C25H39N7O. The van der Waals surface area contributed by atoms with Gasteiger partial charge in [-0.05, 0) is 58.4 Å². The zero-order valence-corrected chi connectivity index (χ0v) is 20.1. The molecule has 0 saturated carbocycles. The number of fused-ring (bicyclic) bond motifs is 3. The van der Waals surface area contributed by atoms with Gasteiger partial charge in [-0.2, -0.15) is 0 Å². The van der Waals surface area contributed by atoms with E-state index in [1.165, 1.54) is 45.1 Å². The number of aromatic nitrogens is 4. The van der Waals surface area contributed by atoms with E-state index < -0.39 is 0 Å². The molecule has 0 spiro atoms. The molecule has 8 heteroatoms. The van der Waals surface area contributed by atoms with Crippen LogP contribution in [0.3, 0.4) is 0 Å². The van der Waals surface area contributed by atoms with Crippen molar-refractivity contribution in [1.82, 2.24) is 29.7 Å². The highest BCUT2D eigenvalue weighted by molar-refractivity contribution is 5.84. The first-order valence-corrected chi connectivity index (χ1v) is 13.2. The van der Waals surface area contributed by atoms with Gasteiger partial charge in [0.05, 0.1) is 0 Å². The molecule has 33 heavy (non-hydrogen) atoms. The Kier molecular flexibility index (Phi) is 7.09. The van der Waals surface area contributed by atoms with Crippen LogP contribution in [0.15, 0.2) is 6.33 Å². The van der Waals surface area contributed by atoms with Gasteiger partial charge in [0, 0.05) is 51.1 Å². The topological polar surface area (TPSA) is 79.2 Å². The summed E-state index contributed by atoms with van der Waals surface area (Å²) in [6.45, 7) is 8.12. The van der Waals surface area contributed by atoms with E-state index in [1.807, 2.05) is 0 Å². The van der Waals surface area contributed by atoms with E-state index in [1.54, 1.807) is 6.33 Å². The smallest absolute Gasteiger partial charge is 0.223 e. The van der Waals surface area contributed by atoms with E-state index in [4.69, 9.17) is 4.98 Å². The quantitative estimate of drug-likeness (QED) is 0.677. The largest absolute Gasteiger partial charge is 0.356 e. The van der Waals surface area contributed by atoms with Gasteiger partial charge in [0.1, 0.15) is 12.2 Å². The fourth-order valence-electron chi connectivity index (χ4n) is 5.84. The highest BCUT2D eigenvalue weighted by atomic mass is 16.1. The van der Waals surface area contributed by atoms with Crippen molar-refractivity contribution in [2.75, 3.05) is 37.6 Å². The summed E-state index contributed by atoms with van der Waals surface area (Å²) in [5.74, 6) is 2.42. The summed E-state index contributed by atoms with van der Waals surface area (Å²) in [6.07, 6.45) is 13.1. The second-order valence-electron chi connectivity index (χ2n) is 10.1. The van der Waals surface area contributed by atoms with Gasteiger partial charge in [0.25, 0.3) is 0 Å². The molecule has 0 unspecified atom stereocenters. The fourth-order valence-corrected chi connectivity index (χ4v) is 5.84. The zero-order valence-electron chi connectivity index (χ0n) is 20.1. The van der Waals surface area contributed by atoms with Gasteiger partial charge in [-0.15, -0.1) is 0 Å². The lowest BCUT2D eigenvalue weighted by molar-refractivity contribution is -0.125. The standard InChI is InChI=1S/C25H39N7O/c1-19-8-4-6-13-30(19)14-7-12-26-25(33)20-10-16-31(17-11-20)23-22-24(28-18-27-23)32-15-5-2-3-9-21(32)29-22/h18-20H,2-17H2,1H3,(H,26,33)/t19-/m0/s1. The minimum atomic E-state index is 0.103. The summed E-state index contributed by atoms with van der Waals surface area (Å²) >= 11 is 0. The maximum Gasteiger partial charge on any atom is 0.223 e. The van der Waals surface area contributed by atoms with E-state index >= 15 is 0 Å². The molecule has 2 saturated heterocycles. The number of hydrogen-bond acceptors (Lipinski definition) is 6. The molecule has 5 heterocycles. The van der Waals surface area contributed by atoms with Crippen LogP contribution in [0.25, 0.3) is 11.2 Å². The first-order chi connectivity index (χ1) is 16.2. The van der Waals surface area contributed by atoms with Crippen molar-refractivity contribution in [2.45, 2.75) is 83.7 Å². The molecule has 2 fully saturated rings. The van der Waals surface area contributed by atoms with Gasteiger partial charge < -0.3 is 19.7 Å².